The molecule has 0 spiro atoms. The largest absolute Gasteiger partial charge is 0.165 e. The first kappa shape index (κ1) is 17.8. The maximum Gasteiger partial charge on any atom is 0.0293 e. The van der Waals surface area contributed by atoms with E-state index in [4.69, 9.17) is 6.42 Å². The topological polar surface area (TPSA) is 0 Å². The van der Waals surface area contributed by atoms with Crippen molar-refractivity contribution in [3.8, 4) is 24.2 Å². The van der Waals surface area contributed by atoms with Crippen LogP contribution in [0.2, 0.25) is 0 Å². The summed E-state index contributed by atoms with van der Waals surface area (Å²) in [5.74, 6) is 11.2. The second-order valence-corrected chi connectivity index (χ2v) is 6.49. The predicted molar refractivity (Wildman–Crippen MR) is 89.2 cm³/mol. The summed E-state index contributed by atoms with van der Waals surface area (Å²) in [4.78, 5) is 0. The zero-order chi connectivity index (χ0) is 13.6. The molecular weight excluding hydrogens is 256 g/mol. The lowest BCUT2D eigenvalue weighted by Gasteiger charge is -2.16. The fraction of sp³-hybridized carbons (Fsp3) is 0.750. The highest BCUT2D eigenvalue weighted by molar-refractivity contribution is 7.99. The van der Waals surface area contributed by atoms with Gasteiger partial charge in [0.15, 0.2) is 0 Å². The van der Waals surface area contributed by atoms with E-state index in [2.05, 4.69) is 37.2 Å². The van der Waals surface area contributed by atoms with Crippen molar-refractivity contribution in [2.75, 3.05) is 18.3 Å². The van der Waals surface area contributed by atoms with Gasteiger partial charge in [0, 0.05) is 24.0 Å². The molecule has 0 aromatic rings. The number of thioether (sulfide) groups is 2. The van der Waals surface area contributed by atoms with Gasteiger partial charge in [-0.15, -0.1) is 18.3 Å². The summed E-state index contributed by atoms with van der Waals surface area (Å²) in [6, 6.07) is 0. The molecule has 2 unspecified atom stereocenters. The minimum atomic E-state index is 0.458. The van der Waals surface area contributed by atoms with E-state index in [9.17, 15) is 0 Å². The Hall–Kier alpha value is -0.180. The summed E-state index contributed by atoms with van der Waals surface area (Å²) in [5, 5.41) is 0.588. The Bertz CT molecular complexity index is 280. The molecule has 0 N–H and O–H groups in total. The molecule has 0 bridgehead atoms. The van der Waals surface area contributed by atoms with Crippen molar-refractivity contribution in [1.29, 1.82) is 0 Å². The first-order chi connectivity index (χ1) is 8.76. The lowest BCUT2D eigenvalue weighted by atomic mass is 10.0. The summed E-state index contributed by atoms with van der Waals surface area (Å²) in [5.41, 5.74) is 0. The summed E-state index contributed by atoms with van der Waals surface area (Å²) >= 11 is 3.82. The Morgan fingerprint density at radius 1 is 1.11 bits per heavy atom. The van der Waals surface area contributed by atoms with E-state index < -0.39 is 0 Å². The fourth-order valence-electron chi connectivity index (χ4n) is 1.76. The molecule has 0 aliphatic heterocycles. The molecule has 0 heterocycles. The van der Waals surface area contributed by atoms with Crippen LogP contribution in [0.15, 0.2) is 0 Å². The quantitative estimate of drug-likeness (QED) is 0.444. The van der Waals surface area contributed by atoms with Gasteiger partial charge in [0.1, 0.15) is 0 Å². The standard InChI is InChI=1S/C16H26S2/c1-5-6-13-16(18-4)15(2)12-10-8-7-9-11-14-17-3/h1,15-16H,6-9,11,13-14H2,2-4H3. The molecule has 0 radical (unpaired) electrons. The van der Waals surface area contributed by atoms with Crippen molar-refractivity contribution in [1.82, 2.24) is 0 Å². The van der Waals surface area contributed by atoms with Gasteiger partial charge < -0.3 is 0 Å². The van der Waals surface area contributed by atoms with Crippen LogP contribution in [0.25, 0.3) is 0 Å². The highest BCUT2D eigenvalue weighted by Crippen LogP contribution is 2.21. The van der Waals surface area contributed by atoms with Crippen LogP contribution in [0.1, 0.15) is 45.4 Å². The predicted octanol–water partition coefficient (Wildman–Crippen LogP) is 4.69. The van der Waals surface area contributed by atoms with Crippen molar-refractivity contribution in [2.24, 2.45) is 5.92 Å². The van der Waals surface area contributed by atoms with E-state index in [1.807, 2.05) is 23.5 Å². The van der Waals surface area contributed by atoms with Crippen LogP contribution in [0, 0.1) is 30.1 Å². The van der Waals surface area contributed by atoms with Crippen molar-refractivity contribution >= 4 is 23.5 Å². The SMILES string of the molecule is C#CCCC(SC)C(C)C#CCCCCCSC. The van der Waals surface area contributed by atoms with Crippen LogP contribution in [0.3, 0.4) is 0 Å². The van der Waals surface area contributed by atoms with E-state index in [1.54, 1.807) is 0 Å². The van der Waals surface area contributed by atoms with Gasteiger partial charge in [0.05, 0.1) is 0 Å². The van der Waals surface area contributed by atoms with Gasteiger partial charge in [-0.3, -0.25) is 0 Å². The fourth-order valence-corrected chi connectivity index (χ4v) is 3.08. The molecule has 0 amide bonds. The number of hydrogen-bond donors (Lipinski definition) is 0. The molecule has 0 saturated heterocycles. The van der Waals surface area contributed by atoms with Crippen LogP contribution in [-0.2, 0) is 0 Å². The lowest BCUT2D eigenvalue weighted by Crippen LogP contribution is -2.11. The molecule has 0 saturated carbocycles. The van der Waals surface area contributed by atoms with Crippen LogP contribution in [0.4, 0.5) is 0 Å². The van der Waals surface area contributed by atoms with Crippen LogP contribution in [-0.4, -0.2) is 23.5 Å². The number of hydrogen-bond acceptors (Lipinski definition) is 2. The van der Waals surface area contributed by atoms with E-state index in [-0.39, 0.29) is 0 Å². The average molecular weight is 283 g/mol. The molecule has 18 heavy (non-hydrogen) atoms. The smallest absolute Gasteiger partial charge is 0.0293 e. The molecule has 0 nitrogen and oxygen atoms in total. The van der Waals surface area contributed by atoms with Crippen LogP contribution in [0.5, 0.6) is 0 Å². The number of unbranched alkanes of at least 4 members (excludes halogenated alkanes) is 3. The molecule has 0 fully saturated rings. The Kier molecular flexibility index (Phi) is 13.1. The molecule has 2 heteroatoms. The van der Waals surface area contributed by atoms with E-state index in [0.29, 0.717) is 11.2 Å². The molecular formula is C16H26S2. The van der Waals surface area contributed by atoms with Gasteiger partial charge >= 0.3 is 0 Å². The molecule has 0 aliphatic carbocycles. The minimum absolute atomic E-state index is 0.458. The summed E-state index contributed by atoms with van der Waals surface area (Å²) < 4.78 is 0. The third-order valence-corrected chi connectivity index (χ3v) is 4.86. The van der Waals surface area contributed by atoms with E-state index in [0.717, 1.165) is 19.3 Å². The molecule has 102 valence electrons. The van der Waals surface area contributed by atoms with Gasteiger partial charge in [-0.25, -0.2) is 0 Å². The monoisotopic (exact) mass is 282 g/mol. The highest BCUT2D eigenvalue weighted by Gasteiger charge is 2.12. The maximum absolute atomic E-state index is 5.31. The first-order valence-corrected chi connectivity index (χ1v) is 9.38. The molecule has 0 aromatic carbocycles. The molecule has 2 atom stereocenters. The molecule has 0 aliphatic rings. The Labute approximate surface area is 122 Å². The Morgan fingerprint density at radius 2 is 1.89 bits per heavy atom. The van der Waals surface area contributed by atoms with Crippen molar-refractivity contribution in [3.63, 3.8) is 0 Å². The number of terminal acetylenes is 1. The zero-order valence-electron chi connectivity index (χ0n) is 12.0. The van der Waals surface area contributed by atoms with E-state index in [1.165, 1.54) is 25.0 Å². The third-order valence-electron chi connectivity index (χ3n) is 2.91. The lowest BCUT2D eigenvalue weighted by molar-refractivity contribution is 0.652. The highest BCUT2D eigenvalue weighted by atomic mass is 32.2. The Balaban J connectivity index is 3.77. The van der Waals surface area contributed by atoms with Crippen LogP contribution >= 0.6 is 23.5 Å². The first-order valence-electron chi connectivity index (χ1n) is 6.69. The second-order valence-electron chi connectivity index (χ2n) is 4.43. The van der Waals surface area contributed by atoms with Gasteiger partial charge in [-0.2, -0.15) is 23.5 Å². The summed E-state index contributed by atoms with van der Waals surface area (Å²) in [7, 11) is 0. The van der Waals surface area contributed by atoms with Crippen molar-refractivity contribution in [3.05, 3.63) is 0 Å². The van der Waals surface area contributed by atoms with Gasteiger partial charge in [0.25, 0.3) is 0 Å². The van der Waals surface area contributed by atoms with Gasteiger partial charge in [-0.05, 0) is 37.5 Å². The maximum atomic E-state index is 5.31. The number of rotatable bonds is 9. The summed E-state index contributed by atoms with van der Waals surface area (Å²) in [6.45, 7) is 2.22. The van der Waals surface area contributed by atoms with Crippen LogP contribution < -0.4 is 0 Å². The zero-order valence-corrected chi connectivity index (χ0v) is 13.6. The Morgan fingerprint density at radius 3 is 2.50 bits per heavy atom. The van der Waals surface area contributed by atoms with Crippen molar-refractivity contribution in [2.45, 2.75) is 50.7 Å². The van der Waals surface area contributed by atoms with Gasteiger partial charge in [-0.1, -0.05) is 19.3 Å². The third kappa shape index (κ3) is 9.81. The normalized spacial score (nSPS) is 13.2. The molecule has 0 aromatic heterocycles. The van der Waals surface area contributed by atoms with Crippen molar-refractivity contribution < 1.29 is 0 Å². The molecule has 0 rings (SSSR count). The van der Waals surface area contributed by atoms with E-state index >= 15 is 0 Å². The van der Waals surface area contributed by atoms with Gasteiger partial charge in [0.2, 0.25) is 0 Å². The minimum Gasteiger partial charge on any atom is -0.165 e. The average Bonchev–Trinajstić information content (AvgIpc) is 2.38. The second kappa shape index (κ2) is 13.3. The summed E-state index contributed by atoms with van der Waals surface area (Å²) in [6.07, 6.45) is 16.5.